The molecule has 0 unspecified atom stereocenters. The van der Waals surface area contributed by atoms with Crippen molar-refractivity contribution in [2.45, 2.75) is 13.0 Å². The van der Waals surface area contributed by atoms with Gasteiger partial charge in [0.05, 0.1) is 24.8 Å². The summed E-state index contributed by atoms with van der Waals surface area (Å²) in [5.74, 6) is -1.17. The molecule has 0 fully saturated rings. The average Bonchev–Trinajstić information content (AvgIpc) is 3.48. The zero-order chi connectivity index (χ0) is 26.1. The molecule has 4 aromatic heterocycles. The number of carbonyl (C=O) groups is 1. The van der Waals surface area contributed by atoms with Crippen molar-refractivity contribution in [1.29, 1.82) is 0 Å². The van der Waals surface area contributed by atoms with E-state index in [4.69, 9.17) is 9.72 Å². The highest BCUT2D eigenvalue weighted by Crippen LogP contribution is 2.37. The number of phenols is 1. The van der Waals surface area contributed by atoms with Crippen molar-refractivity contribution in [3.05, 3.63) is 86.2 Å². The maximum absolute atomic E-state index is 14.0. The highest BCUT2D eigenvalue weighted by atomic mass is 19.1. The van der Waals surface area contributed by atoms with E-state index in [1.165, 1.54) is 12.1 Å². The van der Waals surface area contributed by atoms with Crippen LogP contribution in [-0.4, -0.2) is 42.2 Å². The number of pyridine rings is 1. The third kappa shape index (κ3) is 4.24. The van der Waals surface area contributed by atoms with Gasteiger partial charge >= 0.3 is 5.97 Å². The first-order valence-corrected chi connectivity index (χ1v) is 11.7. The number of rotatable bonds is 8. The van der Waals surface area contributed by atoms with Crippen LogP contribution in [0.15, 0.2) is 80.4 Å². The molecule has 2 N–H and O–H groups in total. The Kier molecular flexibility index (Phi) is 6.27. The number of aromatic hydroxyl groups is 1. The summed E-state index contributed by atoms with van der Waals surface area (Å²) in [6, 6.07) is 7.63. The number of fused-ring (bicyclic) bond motifs is 2. The number of halogens is 1. The van der Waals surface area contributed by atoms with Crippen LogP contribution in [0.2, 0.25) is 0 Å². The molecular formula is C28H24FN5O3. The van der Waals surface area contributed by atoms with E-state index in [1.54, 1.807) is 43.6 Å². The van der Waals surface area contributed by atoms with Gasteiger partial charge in [0.25, 0.3) is 0 Å². The number of aromatic nitrogens is 5. The lowest BCUT2D eigenvalue weighted by atomic mass is 10.00. The van der Waals surface area contributed by atoms with Crippen molar-refractivity contribution < 1.29 is 19.0 Å². The number of H-pyrrole nitrogens is 1. The molecule has 0 saturated heterocycles. The molecule has 37 heavy (non-hydrogen) atoms. The molecule has 1 aromatic carbocycles. The van der Waals surface area contributed by atoms with Crippen LogP contribution >= 0.6 is 0 Å². The molecule has 2 atom stereocenters. The molecule has 186 valence electrons. The molecule has 0 amide bonds. The number of hydrogen-bond donors (Lipinski definition) is 2. The topological polar surface area (TPSA) is 106 Å². The lowest BCUT2D eigenvalue weighted by molar-refractivity contribution is -0.147. The molecule has 0 saturated carbocycles. The SMILES string of the molecule is C=C[C@H]([C@@H](C=C)C(=O)OCC)n1cc(-c2cccc(O)c2)c2cnc(-c3c[nH]c4ncc(F)cc34)nc21. The predicted molar refractivity (Wildman–Crippen MR) is 139 cm³/mol. The zero-order valence-electron chi connectivity index (χ0n) is 20.1. The molecule has 8 nitrogen and oxygen atoms in total. The van der Waals surface area contributed by atoms with E-state index < -0.39 is 23.7 Å². The molecule has 9 heteroatoms. The molecule has 5 aromatic rings. The van der Waals surface area contributed by atoms with Crippen molar-refractivity contribution in [2.75, 3.05) is 6.61 Å². The Labute approximate surface area is 211 Å². The summed E-state index contributed by atoms with van der Waals surface area (Å²) in [5, 5.41) is 11.3. The van der Waals surface area contributed by atoms with E-state index >= 15 is 0 Å². The van der Waals surface area contributed by atoms with Gasteiger partial charge in [-0.25, -0.2) is 19.3 Å². The molecule has 0 radical (unpaired) electrons. The number of nitrogens with zero attached hydrogens (tertiary/aromatic N) is 4. The number of hydrogen-bond acceptors (Lipinski definition) is 6. The standard InChI is InChI=1S/C28H24FN5O3/c1-4-19(28(36)37-6-3)24(5-2)34-15-23(16-8-7-9-18(35)10-16)22-14-32-26(33-27(22)34)21-13-31-25-20(21)11-17(29)12-30-25/h4-5,7-15,19,24,35H,1-2,6H2,3H3,(H,30,31)/t19-,24-/m1/s1. The number of nitrogens with one attached hydrogen (secondary N) is 1. The van der Waals surface area contributed by atoms with Gasteiger partial charge in [-0.3, -0.25) is 4.79 Å². The van der Waals surface area contributed by atoms with E-state index in [2.05, 4.69) is 28.1 Å². The van der Waals surface area contributed by atoms with Crippen LogP contribution in [0.5, 0.6) is 5.75 Å². The first-order chi connectivity index (χ1) is 17.9. The Bertz CT molecular complexity index is 1650. The average molecular weight is 498 g/mol. The minimum atomic E-state index is -0.727. The highest BCUT2D eigenvalue weighted by molar-refractivity contribution is 5.97. The van der Waals surface area contributed by atoms with Crippen LogP contribution in [0, 0.1) is 11.7 Å². The molecule has 0 aliphatic heterocycles. The largest absolute Gasteiger partial charge is 0.508 e. The number of aromatic amines is 1. The molecule has 5 rings (SSSR count). The Morgan fingerprint density at radius 1 is 1.19 bits per heavy atom. The van der Waals surface area contributed by atoms with Gasteiger partial charge in [0.2, 0.25) is 0 Å². The number of benzene rings is 1. The van der Waals surface area contributed by atoms with Gasteiger partial charge in [0, 0.05) is 40.5 Å². The van der Waals surface area contributed by atoms with Gasteiger partial charge in [-0.1, -0.05) is 24.3 Å². The van der Waals surface area contributed by atoms with Crippen LogP contribution in [0.3, 0.4) is 0 Å². The van der Waals surface area contributed by atoms with Crippen LogP contribution in [0.4, 0.5) is 4.39 Å². The maximum atomic E-state index is 14.0. The first-order valence-electron chi connectivity index (χ1n) is 11.7. The summed E-state index contributed by atoms with van der Waals surface area (Å²) >= 11 is 0. The summed E-state index contributed by atoms with van der Waals surface area (Å²) < 4.78 is 21.1. The summed E-state index contributed by atoms with van der Waals surface area (Å²) in [6.45, 7) is 9.77. The molecule has 0 aliphatic carbocycles. The van der Waals surface area contributed by atoms with E-state index in [0.717, 1.165) is 17.3 Å². The Morgan fingerprint density at radius 3 is 2.76 bits per heavy atom. The fourth-order valence-corrected chi connectivity index (χ4v) is 4.50. The molecule has 4 heterocycles. The van der Waals surface area contributed by atoms with Crippen molar-refractivity contribution in [1.82, 2.24) is 24.5 Å². The van der Waals surface area contributed by atoms with Gasteiger partial charge < -0.3 is 19.4 Å². The smallest absolute Gasteiger partial charge is 0.315 e. The van der Waals surface area contributed by atoms with Crippen LogP contribution < -0.4 is 0 Å². The van der Waals surface area contributed by atoms with E-state index in [9.17, 15) is 14.3 Å². The fraction of sp³-hybridized carbons (Fsp3) is 0.143. The molecule has 0 spiro atoms. The van der Waals surface area contributed by atoms with Crippen molar-refractivity contribution in [3.8, 4) is 28.3 Å². The van der Waals surface area contributed by atoms with Gasteiger partial charge in [0.15, 0.2) is 5.82 Å². The van der Waals surface area contributed by atoms with Gasteiger partial charge in [-0.15, -0.1) is 13.2 Å². The van der Waals surface area contributed by atoms with Gasteiger partial charge in [0.1, 0.15) is 22.9 Å². The second-order valence-corrected chi connectivity index (χ2v) is 8.42. The van der Waals surface area contributed by atoms with Crippen LogP contribution in [0.25, 0.3) is 44.6 Å². The number of ether oxygens (including phenoxy) is 1. The normalized spacial score (nSPS) is 12.9. The van der Waals surface area contributed by atoms with Crippen molar-refractivity contribution in [3.63, 3.8) is 0 Å². The lowest BCUT2D eigenvalue weighted by Crippen LogP contribution is -2.25. The maximum Gasteiger partial charge on any atom is 0.315 e. The number of esters is 1. The third-order valence-electron chi connectivity index (χ3n) is 6.21. The summed E-state index contributed by atoms with van der Waals surface area (Å²) in [4.78, 5) is 29.3. The highest BCUT2D eigenvalue weighted by Gasteiger charge is 2.29. The van der Waals surface area contributed by atoms with Gasteiger partial charge in [-0.2, -0.15) is 0 Å². The third-order valence-corrected chi connectivity index (χ3v) is 6.21. The Hall–Kier alpha value is -4.79. The second kappa shape index (κ2) is 9.69. The van der Waals surface area contributed by atoms with E-state index in [0.29, 0.717) is 33.5 Å². The van der Waals surface area contributed by atoms with Crippen molar-refractivity contribution >= 4 is 28.0 Å². The van der Waals surface area contributed by atoms with E-state index in [1.807, 2.05) is 16.8 Å². The Morgan fingerprint density at radius 2 is 2.03 bits per heavy atom. The minimum Gasteiger partial charge on any atom is -0.508 e. The summed E-state index contributed by atoms with van der Waals surface area (Å²) in [7, 11) is 0. The second-order valence-electron chi connectivity index (χ2n) is 8.42. The monoisotopic (exact) mass is 497 g/mol. The van der Waals surface area contributed by atoms with E-state index in [-0.39, 0.29) is 12.4 Å². The lowest BCUT2D eigenvalue weighted by Gasteiger charge is -2.22. The Balaban J connectivity index is 1.75. The number of carbonyl (C=O) groups excluding carboxylic acids is 1. The minimum absolute atomic E-state index is 0.111. The number of allylic oxidation sites excluding steroid dienone is 1. The van der Waals surface area contributed by atoms with Crippen LogP contribution in [-0.2, 0) is 9.53 Å². The van der Waals surface area contributed by atoms with Crippen molar-refractivity contribution in [2.24, 2.45) is 5.92 Å². The summed E-state index contributed by atoms with van der Waals surface area (Å²) in [6.07, 6.45) is 9.50. The number of phenolic OH excluding ortho intramolecular Hbond substituents is 1. The molecule has 0 aliphatic rings. The predicted octanol–water partition coefficient (Wildman–Crippen LogP) is 5.58. The first kappa shape index (κ1) is 23.9. The fourth-order valence-electron chi connectivity index (χ4n) is 4.50. The zero-order valence-corrected chi connectivity index (χ0v) is 20.1. The quantitative estimate of drug-likeness (QED) is 0.214. The summed E-state index contributed by atoms with van der Waals surface area (Å²) in [5.41, 5.74) is 3.10. The van der Waals surface area contributed by atoms with Gasteiger partial charge in [-0.05, 0) is 30.7 Å². The molecular weight excluding hydrogens is 473 g/mol. The molecule has 0 bridgehead atoms. The van der Waals surface area contributed by atoms with Crippen LogP contribution in [0.1, 0.15) is 13.0 Å².